The summed E-state index contributed by atoms with van der Waals surface area (Å²) < 4.78 is 0. The Morgan fingerprint density at radius 1 is 1.25 bits per heavy atom. The van der Waals surface area contributed by atoms with Crippen molar-refractivity contribution in [1.29, 1.82) is 0 Å². The van der Waals surface area contributed by atoms with E-state index < -0.39 is 0 Å². The zero-order valence-electron chi connectivity index (χ0n) is 18.2. The number of benzene rings is 2. The van der Waals surface area contributed by atoms with Gasteiger partial charge in [-0.15, -0.1) is 0 Å². The first-order valence-corrected chi connectivity index (χ1v) is 11.9. The molecule has 2 aromatic rings. The molecule has 2 heterocycles. The van der Waals surface area contributed by atoms with Gasteiger partial charge in [0.2, 0.25) is 5.91 Å². The van der Waals surface area contributed by atoms with Crippen LogP contribution in [0.4, 0.5) is 11.4 Å². The van der Waals surface area contributed by atoms with Crippen LogP contribution >= 0.6 is 23.2 Å². The molecule has 3 N–H and O–H groups in total. The lowest BCUT2D eigenvalue weighted by Gasteiger charge is -2.42. The molecule has 0 radical (unpaired) electrons. The summed E-state index contributed by atoms with van der Waals surface area (Å²) in [6, 6.07) is 13.4. The van der Waals surface area contributed by atoms with E-state index in [1.165, 1.54) is 0 Å². The van der Waals surface area contributed by atoms with Crippen LogP contribution in [0.5, 0.6) is 0 Å². The van der Waals surface area contributed by atoms with Gasteiger partial charge in [0.1, 0.15) is 0 Å². The van der Waals surface area contributed by atoms with Gasteiger partial charge in [0, 0.05) is 47.1 Å². The highest BCUT2D eigenvalue weighted by Gasteiger charge is 2.34. The summed E-state index contributed by atoms with van der Waals surface area (Å²) in [6.45, 7) is 4.86. The minimum Gasteiger partial charge on any atom is -0.394 e. The van der Waals surface area contributed by atoms with Crippen molar-refractivity contribution in [1.82, 2.24) is 10.2 Å². The third kappa shape index (κ3) is 5.15. The molecular weight excluding hydrogens is 447 g/mol. The van der Waals surface area contributed by atoms with Gasteiger partial charge in [-0.05, 0) is 62.2 Å². The monoisotopic (exact) mass is 476 g/mol. The number of carbonyl (C=O) groups excluding carboxylic acids is 1. The number of nitrogens with one attached hydrogen (secondary N) is 2. The molecule has 32 heavy (non-hydrogen) atoms. The normalized spacial score (nSPS) is 22.1. The van der Waals surface area contributed by atoms with Crippen LogP contribution in [0, 0.1) is 0 Å². The molecule has 8 heteroatoms. The van der Waals surface area contributed by atoms with E-state index in [2.05, 4.69) is 34.6 Å². The van der Waals surface area contributed by atoms with E-state index in [0.29, 0.717) is 23.1 Å². The van der Waals surface area contributed by atoms with Crippen LogP contribution in [0.2, 0.25) is 10.0 Å². The second-order valence-corrected chi connectivity index (χ2v) is 9.39. The molecule has 2 aliphatic rings. The van der Waals surface area contributed by atoms with Gasteiger partial charge in [-0.3, -0.25) is 4.79 Å². The summed E-state index contributed by atoms with van der Waals surface area (Å²) in [7, 11) is 0. The summed E-state index contributed by atoms with van der Waals surface area (Å²) in [5, 5.41) is 18.0. The maximum absolute atomic E-state index is 12.9. The number of anilines is 2. The Morgan fingerprint density at radius 2 is 2.09 bits per heavy atom. The van der Waals surface area contributed by atoms with Gasteiger partial charge in [-0.25, -0.2) is 0 Å². The van der Waals surface area contributed by atoms with Crippen LogP contribution in [-0.2, 0) is 4.79 Å². The summed E-state index contributed by atoms with van der Waals surface area (Å²) in [5.74, 6) is 0.116. The van der Waals surface area contributed by atoms with Crippen LogP contribution in [0.15, 0.2) is 42.5 Å². The highest BCUT2D eigenvalue weighted by atomic mass is 35.5. The summed E-state index contributed by atoms with van der Waals surface area (Å²) >= 11 is 12.4. The number of carbonyl (C=O) groups is 1. The number of piperazine rings is 1. The molecule has 0 saturated carbocycles. The highest BCUT2D eigenvalue weighted by Crippen LogP contribution is 2.30. The van der Waals surface area contributed by atoms with E-state index in [9.17, 15) is 9.90 Å². The molecule has 0 aliphatic carbocycles. The van der Waals surface area contributed by atoms with Crippen molar-refractivity contribution in [3.8, 4) is 0 Å². The lowest BCUT2D eigenvalue weighted by Crippen LogP contribution is -2.59. The van der Waals surface area contributed by atoms with Crippen LogP contribution in [0.3, 0.4) is 0 Å². The van der Waals surface area contributed by atoms with Crippen molar-refractivity contribution in [3.63, 3.8) is 0 Å². The number of nitrogens with zero attached hydrogens (tertiary/aromatic N) is 2. The minimum atomic E-state index is -0.206. The summed E-state index contributed by atoms with van der Waals surface area (Å²) in [4.78, 5) is 17.0. The molecule has 2 aromatic carbocycles. The Morgan fingerprint density at radius 3 is 2.81 bits per heavy atom. The van der Waals surface area contributed by atoms with E-state index in [-0.39, 0.29) is 30.6 Å². The first-order chi connectivity index (χ1) is 15.5. The first kappa shape index (κ1) is 23.2. The Balaban J connectivity index is 1.43. The number of hydrogen-bond acceptors (Lipinski definition) is 5. The molecule has 0 spiro atoms. The molecule has 0 aromatic heterocycles. The fourth-order valence-electron chi connectivity index (χ4n) is 4.60. The number of aliphatic hydroxyl groups excluding tert-OH is 1. The van der Waals surface area contributed by atoms with Crippen molar-refractivity contribution < 1.29 is 9.90 Å². The standard InChI is InChI=1S/C24H30Cl2N4O2/c1-16(21-8-7-17(25)12-22(21)26)28-18-4-2-5-19(13-18)29-10-11-30(20(14-29)15-31)24(32)23-6-3-9-27-23/h2,4-5,7-8,12-13,16,20,23,27-28,31H,3,6,9-11,14-15H2,1H3/t16?,20-,23?/m0/s1. The van der Waals surface area contributed by atoms with Crippen LogP contribution in [0.25, 0.3) is 0 Å². The lowest BCUT2D eigenvalue weighted by atomic mass is 10.1. The zero-order chi connectivity index (χ0) is 22.7. The van der Waals surface area contributed by atoms with Crippen molar-refractivity contribution >= 4 is 40.5 Å². The van der Waals surface area contributed by atoms with Crippen molar-refractivity contribution in [2.24, 2.45) is 0 Å². The number of aliphatic hydroxyl groups is 1. The molecule has 6 nitrogen and oxygen atoms in total. The number of halogens is 2. The molecule has 172 valence electrons. The number of rotatable bonds is 6. The second-order valence-electron chi connectivity index (χ2n) is 8.55. The summed E-state index contributed by atoms with van der Waals surface area (Å²) in [5.41, 5.74) is 3.03. The molecule has 3 atom stereocenters. The summed E-state index contributed by atoms with van der Waals surface area (Å²) in [6.07, 6.45) is 1.90. The van der Waals surface area contributed by atoms with Crippen molar-refractivity contribution in [3.05, 3.63) is 58.1 Å². The van der Waals surface area contributed by atoms with E-state index in [4.69, 9.17) is 23.2 Å². The largest absolute Gasteiger partial charge is 0.394 e. The van der Waals surface area contributed by atoms with Gasteiger partial charge in [-0.2, -0.15) is 0 Å². The third-order valence-electron chi connectivity index (χ3n) is 6.36. The quantitative estimate of drug-likeness (QED) is 0.589. The second kappa shape index (κ2) is 10.3. The topological polar surface area (TPSA) is 67.8 Å². The van der Waals surface area contributed by atoms with Gasteiger partial charge < -0.3 is 25.5 Å². The fourth-order valence-corrected chi connectivity index (χ4v) is 5.18. The molecular formula is C24H30Cl2N4O2. The Bertz CT molecular complexity index is 951. The Kier molecular flexibility index (Phi) is 7.46. The average molecular weight is 477 g/mol. The average Bonchev–Trinajstić information content (AvgIpc) is 3.33. The van der Waals surface area contributed by atoms with Crippen LogP contribution < -0.4 is 15.5 Å². The number of hydrogen-bond donors (Lipinski definition) is 3. The van der Waals surface area contributed by atoms with Crippen molar-refractivity contribution in [2.75, 3.05) is 43.0 Å². The first-order valence-electron chi connectivity index (χ1n) is 11.2. The van der Waals surface area contributed by atoms with Gasteiger partial charge in [0.05, 0.1) is 18.7 Å². The molecule has 2 fully saturated rings. The third-order valence-corrected chi connectivity index (χ3v) is 6.92. The van der Waals surface area contributed by atoms with Gasteiger partial charge in [0.15, 0.2) is 0 Å². The van der Waals surface area contributed by atoms with Gasteiger partial charge in [0.25, 0.3) is 0 Å². The minimum absolute atomic E-state index is 0.00795. The Labute approximate surface area is 199 Å². The molecule has 4 rings (SSSR count). The van der Waals surface area contributed by atoms with Gasteiger partial charge in [-0.1, -0.05) is 35.3 Å². The van der Waals surface area contributed by atoms with Gasteiger partial charge >= 0.3 is 0 Å². The molecule has 1 amide bonds. The van der Waals surface area contributed by atoms with E-state index in [0.717, 1.165) is 42.9 Å². The SMILES string of the molecule is CC(Nc1cccc(N2CCN(C(=O)C3CCCN3)[C@H](CO)C2)c1)c1ccc(Cl)cc1Cl. The number of amides is 1. The molecule has 0 bridgehead atoms. The molecule has 2 saturated heterocycles. The lowest BCUT2D eigenvalue weighted by molar-refractivity contribution is -0.136. The van der Waals surface area contributed by atoms with Crippen LogP contribution in [0.1, 0.15) is 31.4 Å². The predicted octanol–water partition coefficient (Wildman–Crippen LogP) is 3.93. The maximum atomic E-state index is 12.9. The zero-order valence-corrected chi connectivity index (χ0v) is 19.7. The maximum Gasteiger partial charge on any atom is 0.240 e. The van der Waals surface area contributed by atoms with E-state index >= 15 is 0 Å². The fraction of sp³-hybridized carbons (Fsp3) is 0.458. The van der Waals surface area contributed by atoms with Crippen molar-refractivity contribution in [2.45, 2.75) is 37.9 Å². The van der Waals surface area contributed by atoms with Crippen LogP contribution in [-0.4, -0.2) is 60.8 Å². The predicted molar refractivity (Wildman–Crippen MR) is 131 cm³/mol. The molecule has 2 unspecified atom stereocenters. The van der Waals surface area contributed by atoms with E-state index in [1.54, 1.807) is 6.07 Å². The molecule has 2 aliphatic heterocycles. The highest BCUT2D eigenvalue weighted by molar-refractivity contribution is 6.35. The smallest absolute Gasteiger partial charge is 0.240 e. The van der Waals surface area contributed by atoms with E-state index in [1.807, 2.05) is 29.2 Å². The Hall–Kier alpha value is -1.99.